The minimum absolute atomic E-state index is 0.410. The van der Waals surface area contributed by atoms with Crippen LogP contribution in [0.1, 0.15) is 19.8 Å². The first-order valence-corrected chi connectivity index (χ1v) is 5.19. The average Bonchev–Trinajstić information content (AvgIpc) is 2.96. The fourth-order valence-corrected chi connectivity index (χ4v) is 1.10. The van der Waals surface area contributed by atoms with E-state index in [2.05, 4.69) is 17.2 Å². The van der Waals surface area contributed by atoms with Gasteiger partial charge in [-0.05, 0) is 25.7 Å². The van der Waals surface area contributed by atoms with Gasteiger partial charge in [0.25, 0.3) is 0 Å². The molecule has 3 nitrogen and oxygen atoms in total. The Bertz CT molecular complexity index is 203. The van der Waals surface area contributed by atoms with Gasteiger partial charge in [0.2, 0.25) is 0 Å². The van der Waals surface area contributed by atoms with Crippen LogP contribution in [-0.2, 0) is 4.74 Å². The summed E-state index contributed by atoms with van der Waals surface area (Å²) in [6.07, 6.45) is 2.17. The summed E-state index contributed by atoms with van der Waals surface area (Å²) >= 11 is 0. The molecule has 0 radical (unpaired) electrons. The molecule has 1 rings (SSSR count). The first-order valence-electron chi connectivity index (χ1n) is 5.19. The van der Waals surface area contributed by atoms with E-state index in [1.165, 1.54) is 12.8 Å². The smallest absolute Gasteiger partial charge is 0.0897 e. The number of rotatable bonds is 7. The molecule has 0 aromatic carbocycles. The van der Waals surface area contributed by atoms with Crippen molar-refractivity contribution in [3.8, 4) is 11.8 Å². The minimum atomic E-state index is -0.410. The van der Waals surface area contributed by atoms with Crippen LogP contribution < -0.4 is 5.32 Å². The van der Waals surface area contributed by atoms with E-state index in [0.717, 1.165) is 12.5 Å². The lowest BCUT2D eigenvalue weighted by Gasteiger charge is -2.10. The Labute approximate surface area is 85.8 Å². The highest BCUT2D eigenvalue weighted by atomic mass is 16.5. The molecule has 3 heteroatoms. The van der Waals surface area contributed by atoms with Gasteiger partial charge < -0.3 is 15.2 Å². The third-order valence-corrected chi connectivity index (χ3v) is 2.13. The molecule has 1 aliphatic carbocycles. The molecule has 1 aliphatic rings. The standard InChI is InChI=1S/C11H19NO2/c1-2-3-6-12-7-11(13)9-14-8-10-4-5-10/h10-13H,4-9H2,1H3. The quantitative estimate of drug-likeness (QED) is 0.458. The van der Waals surface area contributed by atoms with Gasteiger partial charge in [-0.2, -0.15) is 0 Å². The largest absolute Gasteiger partial charge is 0.389 e. The SMILES string of the molecule is CC#CCNCC(O)COCC1CC1. The molecule has 0 bridgehead atoms. The molecule has 1 unspecified atom stereocenters. The summed E-state index contributed by atoms with van der Waals surface area (Å²) in [6, 6.07) is 0. The fourth-order valence-electron chi connectivity index (χ4n) is 1.10. The van der Waals surface area contributed by atoms with Crippen molar-refractivity contribution in [1.29, 1.82) is 0 Å². The van der Waals surface area contributed by atoms with Crippen LogP contribution in [0.2, 0.25) is 0 Å². The van der Waals surface area contributed by atoms with Crippen molar-refractivity contribution in [3.05, 3.63) is 0 Å². The van der Waals surface area contributed by atoms with Gasteiger partial charge in [0.1, 0.15) is 0 Å². The lowest BCUT2D eigenvalue weighted by molar-refractivity contribution is 0.0331. The van der Waals surface area contributed by atoms with Crippen LogP contribution in [0.3, 0.4) is 0 Å². The van der Waals surface area contributed by atoms with Crippen molar-refractivity contribution < 1.29 is 9.84 Å². The van der Waals surface area contributed by atoms with Gasteiger partial charge in [-0.3, -0.25) is 0 Å². The van der Waals surface area contributed by atoms with Crippen molar-refractivity contribution in [2.24, 2.45) is 5.92 Å². The molecule has 2 N–H and O–H groups in total. The molecule has 1 fully saturated rings. The summed E-state index contributed by atoms with van der Waals surface area (Å²) in [5.74, 6) is 6.42. The Morgan fingerprint density at radius 1 is 1.57 bits per heavy atom. The van der Waals surface area contributed by atoms with Gasteiger partial charge in [0.15, 0.2) is 0 Å². The van der Waals surface area contributed by atoms with Gasteiger partial charge in [-0.15, -0.1) is 5.92 Å². The summed E-state index contributed by atoms with van der Waals surface area (Å²) in [7, 11) is 0. The highest BCUT2D eigenvalue weighted by Gasteiger charge is 2.21. The Balaban J connectivity index is 1.85. The Morgan fingerprint density at radius 3 is 3.00 bits per heavy atom. The Hall–Kier alpha value is -0.560. The van der Waals surface area contributed by atoms with E-state index in [4.69, 9.17) is 4.74 Å². The second-order valence-corrected chi connectivity index (χ2v) is 3.69. The van der Waals surface area contributed by atoms with E-state index >= 15 is 0 Å². The number of nitrogens with one attached hydrogen (secondary N) is 1. The van der Waals surface area contributed by atoms with Gasteiger partial charge in [0.05, 0.1) is 19.3 Å². The first-order chi connectivity index (χ1) is 6.83. The normalized spacial score (nSPS) is 17.3. The minimum Gasteiger partial charge on any atom is -0.389 e. The van der Waals surface area contributed by atoms with Crippen LogP contribution >= 0.6 is 0 Å². The van der Waals surface area contributed by atoms with Gasteiger partial charge >= 0.3 is 0 Å². The maximum Gasteiger partial charge on any atom is 0.0897 e. The maximum absolute atomic E-state index is 9.45. The number of aliphatic hydroxyl groups excluding tert-OH is 1. The zero-order valence-corrected chi connectivity index (χ0v) is 8.75. The summed E-state index contributed by atoms with van der Waals surface area (Å²) in [6.45, 7) is 4.24. The lowest BCUT2D eigenvalue weighted by Crippen LogP contribution is -2.30. The highest BCUT2D eigenvalue weighted by Crippen LogP contribution is 2.28. The number of aliphatic hydroxyl groups is 1. The van der Waals surface area contributed by atoms with Crippen LogP contribution in [0.5, 0.6) is 0 Å². The van der Waals surface area contributed by atoms with Crippen molar-refractivity contribution in [3.63, 3.8) is 0 Å². The van der Waals surface area contributed by atoms with Crippen molar-refractivity contribution in [1.82, 2.24) is 5.32 Å². The predicted octanol–water partition coefficient (Wildman–Crippen LogP) is 0.387. The van der Waals surface area contributed by atoms with Gasteiger partial charge in [-0.1, -0.05) is 5.92 Å². The average molecular weight is 197 g/mol. The number of ether oxygens (including phenoxy) is 1. The van der Waals surface area contributed by atoms with Crippen LogP contribution in [-0.4, -0.2) is 37.5 Å². The van der Waals surface area contributed by atoms with Crippen molar-refractivity contribution in [2.45, 2.75) is 25.9 Å². The zero-order chi connectivity index (χ0) is 10.2. The number of hydrogen-bond acceptors (Lipinski definition) is 3. The Morgan fingerprint density at radius 2 is 2.36 bits per heavy atom. The van der Waals surface area contributed by atoms with Gasteiger partial charge in [-0.25, -0.2) is 0 Å². The van der Waals surface area contributed by atoms with Gasteiger partial charge in [0, 0.05) is 13.2 Å². The summed E-state index contributed by atoms with van der Waals surface area (Å²) in [5.41, 5.74) is 0. The highest BCUT2D eigenvalue weighted by molar-refractivity contribution is 4.96. The lowest BCUT2D eigenvalue weighted by atomic mass is 10.3. The van der Waals surface area contributed by atoms with Crippen molar-refractivity contribution in [2.75, 3.05) is 26.3 Å². The third kappa shape index (κ3) is 5.98. The molecule has 0 heterocycles. The van der Waals surface area contributed by atoms with E-state index in [0.29, 0.717) is 19.7 Å². The van der Waals surface area contributed by atoms with E-state index in [-0.39, 0.29) is 0 Å². The van der Waals surface area contributed by atoms with Crippen LogP contribution in [0, 0.1) is 17.8 Å². The predicted molar refractivity (Wildman–Crippen MR) is 55.9 cm³/mol. The molecule has 80 valence electrons. The maximum atomic E-state index is 9.45. The van der Waals surface area contributed by atoms with Crippen LogP contribution in [0.4, 0.5) is 0 Å². The molecule has 0 aromatic heterocycles. The zero-order valence-electron chi connectivity index (χ0n) is 8.75. The van der Waals surface area contributed by atoms with Crippen LogP contribution in [0.15, 0.2) is 0 Å². The fraction of sp³-hybridized carbons (Fsp3) is 0.818. The van der Waals surface area contributed by atoms with E-state index in [1.54, 1.807) is 6.92 Å². The second-order valence-electron chi connectivity index (χ2n) is 3.69. The van der Waals surface area contributed by atoms with E-state index in [9.17, 15) is 5.11 Å². The molecule has 1 saturated carbocycles. The topological polar surface area (TPSA) is 41.5 Å². The van der Waals surface area contributed by atoms with Crippen LogP contribution in [0.25, 0.3) is 0 Å². The molecular weight excluding hydrogens is 178 g/mol. The molecule has 0 spiro atoms. The molecule has 0 saturated heterocycles. The first kappa shape index (κ1) is 11.5. The molecule has 1 atom stereocenters. The summed E-state index contributed by atoms with van der Waals surface area (Å²) < 4.78 is 5.35. The van der Waals surface area contributed by atoms with E-state index < -0.39 is 6.10 Å². The third-order valence-electron chi connectivity index (χ3n) is 2.13. The molecular formula is C11H19NO2. The Kier molecular flexibility index (Phi) is 5.62. The van der Waals surface area contributed by atoms with E-state index in [1.807, 2.05) is 0 Å². The molecule has 14 heavy (non-hydrogen) atoms. The molecule has 0 amide bonds. The molecule has 0 aromatic rings. The number of hydrogen-bond donors (Lipinski definition) is 2. The summed E-state index contributed by atoms with van der Waals surface area (Å²) in [4.78, 5) is 0. The molecule has 0 aliphatic heterocycles. The second kappa shape index (κ2) is 6.83. The summed E-state index contributed by atoms with van der Waals surface area (Å²) in [5, 5.41) is 12.5. The monoisotopic (exact) mass is 197 g/mol. The van der Waals surface area contributed by atoms with Crippen molar-refractivity contribution >= 4 is 0 Å².